The maximum atomic E-state index is 12.4. The van der Waals surface area contributed by atoms with Crippen LogP contribution in [0.5, 0.6) is 0 Å². The smallest absolute Gasteiger partial charge is 0.272 e. The van der Waals surface area contributed by atoms with Crippen LogP contribution in [0.15, 0.2) is 46.9 Å². The normalized spacial score (nSPS) is 10.8. The highest BCUT2D eigenvalue weighted by Gasteiger charge is 2.14. The summed E-state index contributed by atoms with van der Waals surface area (Å²) in [6, 6.07) is 13.7. The molecule has 1 aromatic heterocycles. The van der Waals surface area contributed by atoms with Crippen molar-refractivity contribution in [3.63, 3.8) is 0 Å². The fourth-order valence-electron chi connectivity index (χ4n) is 2.39. The van der Waals surface area contributed by atoms with E-state index in [4.69, 9.17) is 0 Å². The first kappa shape index (κ1) is 13.9. The lowest BCUT2D eigenvalue weighted by molar-refractivity contribution is 0.102. The molecule has 3 nitrogen and oxygen atoms in total. The molecular formula is C17H15BrN2O. The van der Waals surface area contributed by atoms with Gasteiger partial charge < -0.3 is 10.3 Å². The van der Waals surface area contributed by atoms with Crippen molar-refractivity contribution in [2.75, 3.05) is 5.32 Å². The molecule has 0 saturated heterocycles. The van der Waals surface area contributed by atoms with E-state index in [0.717, 1.165) is 26.6 Å². The van der Waals surface area contributed by atoms with Gasteiger partial charge in [0.1, 0.15) is 5.69 Å². The van der Waals surface area contributed by atoms with Crippen LogP contribution >= 0.6 is 15.9 Å². The van der Waals surface area contributed by atoms with Gasteiger partial charge in [-0.1, -0.05) is 27.6 Å². The van der Waals surface area contributed by atoms with Gasteiger partial charge in [0.2, 0.25) is 0 Å². The zero-order valence-electron chi connectivity index (χ0n) is 11.8. The lowest BCUT2D eigenvalue weighted by Crippen LogP contribution is -2.13. The summed E-state index contributed by atoms with van der Waals surface area (Å²) in [5.41, 5.74) is 4.53. The van der Waals surface area contributed by atoms with Crippen LogP contribution in [-0.4, -0.2) is 10.9 Å². The summed E-state index contributed by atoms with van der Waals surface area (Å²) < 4.78 is 0.984. The van der Waals surface area contributed by atoms with E-state index in [2.05, 4.69) is 32.3 Å². The number of amides is 1. The van der Waals surface area contributed by atoms with Crippen molar-refractivity contribution in [1.82, 2.24) is 4.98 Å². The van der Waals surface area contributed by atoms with Crippen molar-refractivity contribution in [2.45, 2.75) is 13.8 Å². The maximum Gasteiger partial charge on any atom is 0.272 e. The fraction of sp³-hybridized carbons (Fsp3) is 0.118. The molecule has 2 aromatic carbocycles. The molecule has 0 bridgehead atoms. The molecule has 0 unspecified atom stereocenters. The van der Waals surface area contributed by atoms with Gasteiger partial charge in [-0.15, -0.1) is 0 Å². The third-order valence-electron chi connectivity index (χ3n) is 3.54. The van der Waals surface area contributed by atoms with E-state index in [0.29, 0.717) is 5.69 Å². The van der Waals surface area contributed by atoms with Gasteiger partial charge in [-0.3, -0.25) is 4.79 Å². The number of anilines is 1. The monoisotopic (exact) mass is 342 g/mol. The van der Waals surface area contributed by atoms with E-state index in [1.54, 1.807) is 0 Å². The molecular weight excluding hydrogens is 328 g/mol. The number of H-pyrrole nitrogens is 1. The lowest BCUT2D eigenvalue weighted by Gasteiger charge is -2.04. The molecule has 3 rings (SSSR count). The number of hydrogen-bond acceptors (Lipinski definition) is 1. The van der Waals surface area contributed by atoms with Crippen molar-refractivity contribution in [2.24, 2.45) is 0 Å². The molecule has 1 heterocycles. The highest BCUT2D eigenvalue weighted by molar-refractivity contribution is 9.10. The van der Waals surface area contributed by atoms with Crippen molar-refractivity contribution in [3.8, 4) is 0 Å². The number of rotatable bonds is 2. The number of nitrogens with one attached hydrogen (secondary N) is 2. The van der Waals surface area contributed by atoms with Gasteiger partial charge in [0.05, 0.1) is 0 Å². The standard InChI is InChI=1S/C17H15BrN2O/c1-10-3-8-15-14(9-10)11(2)16(20-15)17(21)19-13-6-4-12(18)5-7-13/h3-9,20H,1-2H3,(H,19,21). The minimum Gasteiger partial charge on any atom is -0.350 e. The number of halogens is 1. The summed E-state index contributed by atoms with van der Waals surface area (Å²) in [6.07, 6.45) is 0. The van der Waals surface area contributed by atoms with Gasteiger partial charge in [0.25, 0.3) is 5.91 Å². The zero-order chi connectivity index (χ0) is 15.0. The summed E-state index contributed by atoms with van der Waals surface area (Å²) in [5, 5.41) is 4.00. The summed E-state index contributed by atoms with van der Waals surface area (Å²) in [6.45, 7) is 4.02. The van der Waals surface area contributed by atoms with Gasteiger partial charge in [-0.2, -0.15) is 0 Å². The second-order valence-electron chi connectivity index (χ2n) is 5.14. The SMILES string of the molecule is Cc1ccc2[nH]c(C(=O)Nc3ccc(Br)cc3)c(C)c2c1. The van der Waals surface area contributed by atoms with Crippen molar-refractivity contribution in [3.05, 3.63) is 63.8 Å². The third-order valence-corrected chi connectivity index (χ3v) is 4.07. The molecule has 2 N–H and O–H groups in total. The van der Waals surface area contributed by atoms with E-state index < -0.39 is 0 Å². The number of benzene rings is 2. The van der Waals surface area contributed by atoms with Crippen molar-refractivity contribution in [1.29, 1.82) is 0 Å². The van der Waals surface area contributed by atoms with Crippen LogP contribution in [-0.2, 0) is 0 Å². The van der Waals surface area contributed by atoms with Gasteiger partial charge in [-0.05, 0) is 55.8 Å². The summed E-state index contributed by atoms with van der Waals surface area (Å²) >= 11 is 3.38. The molecule has 1 amide bonds. The van der Waals surface area contributed by atoms with Crippen LogP contribution in [0.4, 0.5) is 5.69 Å². The molecule has 0 saturated carbocycles. The number of aromatic amines is 1. The molecule has 0 spiro atoms. The first-order valence-electron chi connectivity index (χ1n) is 6.70. The second kappa shape index (κ2) is 5.37. The van der Waals surface area contributed by atoms with Crippen LogP contribution in [0.1, 0.15) is 21.6 Å². The van der Waals surface area contributed by atoms with Crippen molar-refractivity contribution < 1.29 is 4.79 Å². The Morgan fingerprint density at radius 3 is 2.52 bits per heavy atom. The number of carbonyl (C=O) groups is 1. The molecule has 0 aliphatic rings. The molecule has 3 aromatic rings. The Balaban J connectivity index is 1.94. The Labute approximate surface area is 131 Å². The molecule has 21 heavy (non-hydrogen) atoms. The minimum atomic E-state index is -0.122. The summed E-state index contributed by atoms with van der Waals surface area (Å²) in [5.74, 6) is -0.122. The molecule has 106 valence electrons. The Morgan fingerprint density at radius 1 is 1.10 bits per heavy atom. The quantitative estimate of drug-likeness (QED) is 0.690. The van der Waals surface area contributed by atoms with Gasteiger partial charge in [0, 0.05) is 21.1 Å². The van der Waals surface area contributed by atoms with Gasteiger partial charge in [-0.25, -0.2) is 0 Å². The number of aromatic nitrogens is 1. The largest absolute Gasteiger partial charge is 0.350 e. The Bertz CT molecular complexity index is 819. The lowest BCUT2D eigenvalue weighted by atomic mass is 10.1. The van der Waals surface area contributed by atoms with Crippen LogP contribution in [0.25, 0.3) is 10.9 Å². The summed E-state index contributed by atoms with van der Waals surface area (Å²) in [4.78, 5) is 15.6. The van der Waals surface area contributed by atoms with E-state index in [1.165, 1.54) is 5.56 Å². The van der Waals surface area contributed by atoms with Gasteiger partial charge in [0.15, 0.2) is 0 Å². The average Bonchev–Trinajstić information content (AvgIpc) is 2.79. The zero-order valence-corrected chi connectivity index (χ0v) is 13.4. The Kier molecular flexibility index (Phi) is 3.55. The summed E-state index contributed by atoms with van der Waals surface area (Å²) in [7, 11) is 0. The minimum absolute atomic E-state index is 0.122. The van der Waals surface area contributed by atoms with E-state index in [1.807, 2.05) is 50.2 Å². The number of hydrogen-bond donors (Lipinski definition) is 2. The highest BCUT2D eigenvalue weighted by atomic mass is 79.9. The van der Waals surface area contributed by atoms with E-state index in [-0.39, 0.29) is 5.91 Å². The van der Waals surface area contributed by atoms with E-state index in [9.17, 15) is 4.79 Å². The number of aryl methyl sites for hydroxylation is 2. The van der Waals surface area contributed by atoms with E-state index >= 15 is 0 Å². The highest BCUT2D eigenvalue weighted by Crippen LogP contribution is 2.24. The van der Waals surface area contributed by atoms with Crippen LogP contribution in [0, 0.1) is 13.8 Å². The number of fused-ring (bicyclic) bond motifs is 1. The third kappa shape index (κ3) is 2.72. The maximum absolute atomic E-state index is 12.4. The topological polar surface area (TPSA) is 44.9 Å². The second-order valence-corrected chi connectivity index (χ2v) is 6.05. The molecule has 0 atom stereocenters. The average molecular weight is 343 g/mol. The van der Waals surface area contributed by atoms with Crippen LogP contribution in [0.3, 0.4) is 0 Å². The number of carbonyl (C=O) groups excluding carboxylic acids is 1. The Morgan fingerprint density at radius 2 is 1.81 bits per heavy atom. The molecule has 0 fully saturated rings. The predicted molar refractivity (Wildman–Crippen MR) is 89.9 cm³/mol. The fourth-order valence-corrected chi connectivity index (χ4v) is 2.66. The van der Waals surface area contributed by atoms with Crippen LogP contribution in [0.2, 0.25) is 0 Å². The Hall–Kier alpha value is -2.07. The van der Waals surface area contributed by atoms with Crippen LogP contribution < -0.4 is 5.32 Å². The molecule has 0 aliphatic heterocycles. The molecule has 4 heteroatoms. The van der Waals surface area contributed by atoms with Gasteiger partial charge >= 0.3 is 0 Å². The van der Waals surface area contributed by atoms with Crippen molar-refractivity contribution >= 4 is 38.4 Å². The molecule has 0 aliphatic carbocycles. The predicted octanol–water partition coefficient (Wildman–Crippen LogP) is 4.80. The molecule has 0 radical (unpaired) electrons. The first-order valence-corrected chi connectivity index (χ1v) is 7.50. The first-order chi connectivity index (χ1) is 10.0.